The van der Waals surface area contributed by atoms with Gasteiger partial charge in [0.1, 0.15) is 0 Å². The fraction of sp³-hybridized carbons (Fsp3) is 0.444. The summed E-state index contributed by atoms with van der Waals surface area (Å²) in [6, 6.07) is 7.09. The third-order valence-electron chi connectivity index (χ3n) is 8.24. The highest BCUT2D eigenvalue weighted by Crippen LogP contribution is 2.34. The van der Waals surface area contributed by atoms with E-state index in [1.807, 2.05) is 23.0 Å². The van der Waals surface area contributed by atoms with Crippen molar-refractivity contribution in [3.63, 3.8) is 0 Å². The zero-order valence-electron chi connectivity index (χ0n) is 20.4. The molecule has 3 fully saturated rings. The third-order valence-corrected chi connectivity index (χ3v) is 8.24. The number of halogens is 1. The monoisotopic (exact) mass is 487 g/mol. The van der Waals surface area contributed by atoms with Crippen molar-refractivity contribution < 1.29 is 9.13 Å². The van der Waals surface area contributed by atoms with Crippen molar-refractivity contribution in [1.29, 1.82) is 0 Å². The maximum absolute atomic E-state index is 14.2. The van der Waals surface area contributed by atoms with Crippen LogP contribution >= 0.6 is 0 Å². The van der Waals surface area contributed by atoms with E-state index in [1.54, 1.807) is 12.3 Å². The number of anilines is 1. The van der Waals surface area contributed by atoms with Gasteiger partial charge >= 0.3 is 0 Å². The molecule has 0 spiro atoms. The van der Waals surface area contributed by atoms with Crippen LogP contribution in [0.15, 0.2) is 43.0 Å². The van der Waals surface area contributed by atoms with Gasteiger partial charge in [-0.1, -0.05) is 0 Å². The Bertz CT molecular complexity index is 1420. The van der Waals surface area contributed by atoms with E-state index >= 15 is 0 Å². The van der Waals surface area contributed by atoms with Crippen LogP contribution in [-0.4, -0.2) is 75.9 Å². The molecule has 3 aliphatic heterocycles. The van der Waals surface area contributed by atoms with Crippen molar-refractivity contribution in [1.82, 2.24) is 29.8 Å². The third kappa shape index (κ3) is 3.69. The smallest absolute Gasteiger partial charge is 0.167 e. The summed E-state index contributed by atoms with van der Waals surface area (Å²) >= 11 is 0. The number of nitrogens with zero attached hydrogens (tertiary/aromatic N) is 6. The Morgan fingerprint density at radius 2 is 1.81 bits per heavy atom. The molecular formula is C27H30FN7O. The molecule has 186 valence electrons. The second-order valence-electron chi connectivity index (χ2n) is 10.3. The molecule has 1 aromatic carbocycles. The second kappa shape index (κ2) is 8.67. The van der Waals surface area contributed by atoms with Crippen molar-refractivity contribution in [2.75, 3.05) is 38.2 Å². The number of benzene rings is 1. The van der Waals surface area contributed by atoms with Crippen molar-refractivity contribution in [2.45, 2.75) is 43.8 Å². The quantitative estimate of drug-likeness (QED) is 0.473. The van der Waals surface area contributed by atoms with E-state index in [1.165, 1.54) is 51.9 Å². The first-order valence-electron chi connectivity index (χ1n) is 12.9. The average molecular weight is 488 g/mol. The van der Waals surface area contributed by atoms with Gasteiger partial charge in [0.25, 0.3) is 0 Å². The summed E-state index contributed by atoms with van der Waals surface area (Å²) in [4.78, 5) is 14.3. The number of ether oxygens (including phenoxy) is 1. The number of rotatable bonds is 4. The molecule has 3 saturated heterocycles. The van der Waals surface area contributed by atoms with E-state index in [2.05, 4.69) is 31.4 Å². The van der Waals surface area contributed by atoms with Gasteiger partial charge in [-0.05, 0) is 43.4 Å². The number of pyridine rings is 1. The zero-order valence-corrected chi connectivity index (χ0v) is 20.4. The van der Waals surface area contributed by atoms with Gasteiger partial charge in [0, 0.05) is 67.5 Å². The lowest BCUT2D eigenvalue weighted by molar-refractivity contribution is 0.121. The topological polar surface area (TPSA) is 70.8 Å². The van der Waals surface area contributed by atoms with E-state index in [-0.39, 0.29) is 5.75 Å². The molecule has 36 heavy (non-hydrogen) atoms. The molecule has 2 atom stereocenters. The molecule has 4 aromatic rings. The van der Waals surface area contributed by atoms with Crippen molar-refractivity contribution in [3.8, 4) is 16.9 Å². The fourth-order valence-electron chi connectivity index (χ4n) is 6.38. The standard InChI is InChI=1S/C27H30FN7O/c1-36-26-10-22-21(4-7-29-25(22)11-24(26)28)23-13-31-35-16-20(12-30-27(23)35)33-8-5-19(6-9-33)34-14-17-2-3-18(15-34)32-17/h4,7,10-13,16-19,32H,2-3,5-6,8-9,14-15H2,1H3. The van der Waals surface area contributed by atoms with Gasteiger partial charge in [0.15, 0.2) is 17.2 Å². The van der Waals surface area contributed by atoms with E-state index in [4.69, 9.17) is 9.72 Å². The number of piperidine rings is 1. The molecule has 3 aromatic heterocycles. The molecule has 6 heterocycles. The highest BCUT2D eigenvalue weighted by atomic mass is 19.1. The van der Waals surface area contributed by atoms with Gasteiger partial charge in [0.05, 0.1) is 36.9 Å². The lowest BCUT2D eigenvalue weighted by Gasteiger charge is -2.43. The average Bonchev–Trinajstić information content (AvgIpc) is 3.49. The van der Waals surface area contributed by atoms with E-state index in [0.29, 0.717) is 23.6 Å². The van der Waals surface area contributed by atoms with Crippen LogP contribution < -0.4 is 15.0 Å². The predicted molar refractivity (Wildman–Crippen MR) is 137 cm³/mol. The van der Waals surface area contributed by atoms with Crippen LogP contribution in [0, 0.1) is 5.82 Å². The van der Waals surface area contributed by atoms with Crippen LogP contribution in [0.3, 0.4) is 0 Å². The molecule has 0 aliphatic carbocycles. The number of hydrogen-bond acceptors (Lipinski definition) is 7. The minimum atomic E-state index is -0.426. The van der Waals surface area contributed by atoms with Crippen LogP contribution in [0.4, 0.5) is 10.1 Å². The molecule has 2 bridgehead atoms. The minimum absolute atomic E-state index is 0.195. The molecule has 0 saturated carbocycles. The van der Waals surface area contributed by atoms with Crippen molar-refractivity contribution in [3.05, 3.63) is 48.8 Å². The maximum atomic E-state index is 14.2. The number of methoxy groups -OCH3 is 1. The Balaban J connectivity index is 1.13. The summed E-state index contributed by atoms with van der Waals surface area (Å²) in [5, 5.41) is 9.17. The number of likely N-dealkylation sites (tertiary alicyclic amines) is 1. The van der Waals surface area contributed by atoms with Crippen LogP contribution in [0.25, 0.3) is 27.7 Å². The first-order chi connectivity index (χ1) is 17.7. The minimum Gasteiger partial charge on any atom is -0.494 e. The first-order valence-corrected chi connectivity index (χ1v) is 12.9. The normalized spacial score (nSPS) is 23.1. The Morgan fingerprint density at radius 1 is 1.00 bits per heavy atom. The van der Waals surface area contributed by atoms with E-state index in [0.717, 1.165) is 40.9 Å². The van der Waals surface area contributed by atoms with Gasteiger partial charge < -0.3 is 15.0 Å². The zero-order chi connectivity index (χ0) is 24.2. The Labute approximate surface area is 209 Å². The van der Waals surface area contributed by atoms with E-state index in [9.17, 15) is 4.39 Å². The van der Waals surface area contributed by atoms with Crippen LogP contribution in [0.1, 0.15) is 25.7 Å². The summed E-state index contributed by atoms with van der Waals surface area (Å²) in [7, 11) is 1.47. The van der Waals surface area contributed by atoms with Gasteiger partial charge in [-0.3, -0.25) is 9.88 Å². The SMILES string of the molecule is COc1cc2c(-c3cnn4cc(N5CCC(N6CC7CCC(C6)N7)CC5)cnc34)ccnc2cc1F. The van der Waals surface area contributed by atoms with Gasteiger partial charge in [-0.15, -0.1) is 0 Å². The van der Waals surface area contributed by atoms with Crippen LogP contribution in [0.5, 0.6) is 5.75 Å². The van der Waals surface area contributed by atoms with E-state index < -0.39 is 5.82 Å². The Kier molecular flexibility index (Phi) is 5.28. The summed E-state index contributed by atoms with van der Waals surface area (Å²) in [5.74, 6) is -0.231. The summed E-state index contributed by atoms with van der Waals surface area (Å²) in [6.07, 6.45) is 12.6. The van der Waals surface area contributed by atoms with Crippen molar-refractivity contribution >= 4 is 22.2 Å². The maximum Gasteiger partial charge on any atom is 0.167 e. The molecule has 7 rings (SSSR count). The van der Waals surface area contributed by atoms with Gasteiger partial charge in [-0.2, -0.15) is 5.10 Å². The highest BCUT2D eigenvalue weighted by Gasteiger charge is 2.36. The molecule has 2 unspecified atom stereocenters. The summed E-state index contributed by atoms with van der Waals surface area (Å²) in [6.45, 7) is 4.47. The van der Waals surface area contributed by atoms with Gasteiger partial charge in [0.2, 0.25) is 0 Å². The van der Waals surface area contributed by atoms with Crippen molar-refractivity contribution in [2.24, 2.45) is 0 Å². The molecule has 8 nitrogen and oxygen atoms in total. The predicted octanol–water partition coefficient (Wildman–Crippen LogP) is 3.50. The Morgan fingerprint density at radius 3 is 2.58 bits per heavy atom. The fourth-order valence-corrected chi connectivity index (χ4v) is 6.38. The lowest BCUT2D eigenvalue weighted by Crippen LogP contribution is -2.56. The number of aromatic nitrogens is 4. The lowest BCUT2D eigenvalue weighted by atomic mass is 10.0. The number of fused-ring (bicyclic) bond motifs is 4. The number of nitrogens with one attached hydrogen (secondary N) is 1. The molecule has 3 aliphatic rings. The van der Waals surface area contributed by atoms with Crippen LogP contribution in [0.2, 0.25) is 0 Å². The number of hydrogen-bond donors (Lipinski definition) is 1. The Hall–Kier alpha value is -3.30. The molecule has 0 amide bonds. The molecular weight excluding hydrogens is 457 g/mol. The van der Waals surface area contributed by atoms with Crippen LogP contribution in [-0.2, 0) is 0 Å². The molecule has 1 N–H and O–H groups in total. The molecule has 0 radical (unpaired) electrons. The first kappa shape index (κ1) is 21.9. The molecule has 9 heteroatoms. The summed E-state index contributed by atoms with van der Waals surface area (Å²) in [5.41, 5.74) is 4.22. The summed E-state index contributed by atoms with van der Waals surface area (Å²) < 4.78 is 21.3. The number of piperazine rings is 1. The van der Waals surface area contributed by atoms with Gasteiger partial charge in [-0.25, -0.2) is 13.9 Å². The second-order valence-corrected chi connectivity index (χ2v) is 10.3. The largest absolute Gasteiger partial charge is 0.494 e. The highest BCUT2D eigenvalue weighted by molar-refractivity contribution is 5.98.